The van der Waals surface area contributed by atoms with Crippen LogP contribution in [0, 0.1) is 0 Å². The van der Waals surface area contributed by atoms with Crippen molar-refractivity contribution in [2.24, 2.45) is 0 Å². The van der Waals surface area contributed by atoms with Crippen LogP contribution in [0.5, 0.6) is 0 Å². The van der Waals surface area contributed by atoms with E-state index in [2.05, 4.69) is 0 Å². The molecule has 2 aliphatic heterocycles. The van der Waals surface area contributed by atoms with Crippen molar-refractivity contribution in [3.63, 3.8) is 0 Å². The van der Waals surface area contributed by atoms with Crippen molar-refractivity contribution in [1.82, 2.24) is 19.6 Å². The first-order valence-electron chi connectivity index (χ1n) is 8.22. The molecule has 3 rings (SSSR count). The second-order valence-electron chi connectivity index (χ2n) is 5.87. The van der Waals surface area contributed by atoms with Gasteiger partial charge in [0.15, 0.2) is 0 Å². The molecule has 1 aromatic rings. The van der Waals surface area contributed by atoms with Crippen LogP contribution >= 0.6 is 11.3 Å². The van der Waals surface area contributed by atoms with Crippen molar-refractivity contribution in [2.75, 3.05) is 39.3 Å². The van der Waals surface area contributed by atoms with Gasteiger partial charge in [-0.25, -0.2) is 9.69 Å². The Morgan fingerprint density at radius 1 is 1.00 bits per heavy atom. The number of urea groups is 1. The number of nitrogens with zero attached hydrogens (tertiary/aromatic N) is 4. The molecule has 1 aromatic heterocycles. The Bertz CT molecular complexity index is 755. The minimum Gasteiger partial charge on any atom is -0.338 e. The van der Waals surface area contributed by atoms with Gasteiger partial charge in [0.1, 0.15) is 6.54 Å². The van der Waals surface area contributed by atoms with E-state index in [1.165, 1.54) is 16.2 Å². The first-order chi connectivity index (χ1) is 12.4. The molecule has 0 bridgehead atoms. The Labute approximate surface area is 153 Å². The molecule has 2 fully saturated rings. The maximum absolute atomic E-state index is 12.4. The van der Waals surface area contributed by atoms with Crippen LogP contribution in [0.2, 0.25) is 0 Å². The molecule has 2 saturated heterocycles. The summed E-state index contributed by atoms with van der Waals surface area (Å²) in [6.45, 7) is 2.60. The Hall–Kier alpha value is -2.75. The Morgan fingerprint density at radius 2 is 1.62 bits per heavy atom. The molecule has 0 radical (unpaired) electrons. The van der Waals surface area contributed by atoms with Crippen molar-refractivity contribution >= 4 is 41.0 Å². The van der Waals surface area contributed by atoms with Gasteiger partial charge in [0, 0.05) is 32.7 Å². The van der Waals surface area contributed by atoms with Crippen molar-refractivity contribution in [3.05, 3.63) is 22.4 Å². The number of carbonyl (C=O) groups is 5. The van der Waals surface area contributed by atoms with E-state index in [9.17, 15) is 24.0 Å². The predicted molar refractivity (Wildman–Crippen MR) is 91.3 cm³/mol. The molecule has 138 valence electrons. The Morgan fingerprint density at radius 3 is 2.15 bits per heavy atom. The highest BCUT2D eigenvalue weighted by Gasteiger charge is 2.44. The number of imide groups is 2. The zero-order chi connectivity index (χ0) is 18.8. The van der Waals surface area contributed by atoms with Crippen LogP contribution in [0.15, 0.2) is 17.5 Å². The van der Waals surface area contributed by atoms with Gasteiger partial charge < -0.3 is 9.80 Å². The smallest absolute Gasteiger partial charge is 0.334 e. The predicted octanol–water partition coefficient (Wildman–Crippen LogP) is -0.157. The summed E-state index contributed by atoms with van der Waals surface area (Å²) in [5, 5.41) is 1.83. The second kappa shape index (κ2) is 7.24. The minimum atomic E-state index is -0.975. The fraction of sp³-hybridized carbons (Fsp3) is 0.438. The van der Waals surface area contributed by atoms with Crippen molar-refractivity contribution < 1.29 is 24.0 Å². The summed E-state index contributed by atoms with van der Waals surface area (Å²) in [5.74, 6) is -2.37. The zero-order valence-corrected chi connectivity index (χ0v) is 15.0. The van der Waals surface area contributed by atoms with E-state index in [1.54, 1.807) is 17.9 Å². The lowest BCUT2D eigenvalue weighted by molar-refractivity contribution is -0.145. The number of hydrogen-bond acceptors (Lipinski definition) is 6. The minimum absolute atomic E-state index is 0.0684. The summed E-state index contributed by atoms with van der Waals surface area (Å²) in [4.78, 5) is 65.6. The molecule has 6 amide bonds. The molecule has 9 nitrogen and oxygen atoms in total. The van der Waals surface area contributed by atoms with Gasteiger partial charge in [-0.15, -0.1) is 11.3 Å². The van der Waals surface area contributed by atoms with E-state index in [0.717, 1.165) is 4.90 Å². The third-order valence-corrected chi connectivity index (χ3v) is 5.25. The van der Waals surface area contributed by atoms with E-state index in [-0.39, 0.29) is 12.5 Å². The maximum Gasteiger partial charge on any atom is 0.334 e. The number of carbonyl (C=O) groups excluding carboxylic acids is 5. The van der Waals surface area contributed by atoms with Gasteiger partial charge in [-0.2, -0.15) is 0 Å². The summed E-state index contributed by atoms with van der Waals surface area (Å²) >= 11 is 1.37. The van der Waals surface area contributed by atoms with E-state index in [1.807, 2.05) is 11.4 Å². The lowest BCUT2D eigenvalue weighted by atomic mass is 10.3. The van der Waals surface area contributed by atoms with Gasteiger partial charge in [0.2, 0.25) is 5.91 Å². The molecule has 0 atom stereocenters. The van der Waals surface area contributed by atoms with Gasteiger partial charge in [-0.3, -0.25) is 24.1 Å². The highest BCUT2D eigenvalue weighted by atomic mass is 32.1. The first-order valence-corrected chi connectivity index (χ1v) is 9.10. The first kappa shape index (κ1) is 18.1. The molecule has 10 heteroatoms. The monoisotopic (exact) mass is 378 g/mol. The summed E-state index contributed by atoms with van der Waals surface area (Å²) in [6.07, 6.45) is 0. The summed E-state index contributed by atoms with van der Waals surface area (Å²) in [5.41, 5.74) is 0. The van der Waals surface area contributed by atoms with Crippen LogP contribution in [0.3, 0.4) is 0 Å². The van der Waals surface area contributed by atoms with Crippen LogP contribution in [0.1, 0.15) is 16.6 Å². The summed E-state index contributed by atoms with van der Waals surface area (Å²) in [6, 6.07) is 2.80. The number of amides is 6. The zero-order valence-electron chi connectivity index (χ0n) is 14.2. The average molecular weight is 378 g/mol. The normalized spacial score (nSPS) is 18.1. The molecule has 0 aliphatic carbocycles. The molecule has 0 saturated carbocycles. The molecular weight excluding hydrogens is 360 g/mol. The molecule has 0 spiro atoms. The standard InChI is InChI=1S/C16H18N4O5S/c1-2-19-14(23)15(24)20(16(19)25)10-12(21)17-5-7-18(8-6-17)13(22)11-4-3-9-26-11/h3-4,9H,2,5-8,10H2,1H3. The third kappa shape index (κ3) is 3.19. The molecule has 26 heavy (non-hydrogen) atoms. The van der Waals surface area contributed by atoms with Gasteiger partial charge in [-0.05, 0) is 18.4 Å². The summed E-state index contributed by atoms with van der Waals surface area (Å²) < 4.78 is 0. The van der Waals surface area contributed by atoms with Crippen molar-refractivity contribution in [2.45, 2.75) is 6.92 Å². The SMILES string of the molecule is CCN1C(=O)C(=O)N(CC(=O)N2CCN(C(=O)c3cccs3)CC2)C1=O. The summed E-state index contributed by atoms with van der Waals surface area (Å²) in [7, 11) is 0. The maximum atomic E-state index is 12.4. The Balaban J connectivity index is 1.56. The van der Waals surface area contributed by atoms with Crippen LogP contribution in [-0.4, -0.2) is 88.5 Å². The molecule has 0 N–H and O–H groups in total. The molecule has 0 aromatic carbocycles. The average Bonchev–Trinajstić information content (AvgIpc) is 3.25. The highest BCUT2D eigenvalue weighted by molar-refractivity contribution is 7.12. The van der Waals surface area contributed by atoms with Gasteiger partial charge in [0.25, 0.3) is 5.91 Å². The molecule has 3 heterocycles. The van der Waals surface area contributed by atoms with E-state index in [0.29, 0.717) is 36.0 Å². The highest BCUT2D eigenvalue weighted by Crippen LogP contribution is 2.15. The number of piperazine rings is 1. The lowest BCUT2D eigenvalue weighted by Crippen LogP contribution is -2.53. The van der Waals surface area contributed by atoms with E-state index in [4.69, 9.17) is 0 Å². The van der Waals surface area contributed by atoms with Gasteiger partial charge >= 0.3 is 17.8 Å². The number of thiophene rings is 1. The van der Waals surface area contributed by atoms with Crippen LogP contribution in [0.4, 0.5) is 4.79 Å². The third-order valence-electron chi connectivity index (χ3n) is 4.40. The number of rotatable bonds is 4. The van der Waals surface area contributed by atoms with Crippen LogP contribution in [-0.2, 0) is 14.4 Å². The van der Waals surface area contributed by atoms with Crippen LogP contribution in [0.25, 0.3) is 0 Å². The molecule has 0 unspecified atom stereocenters. The largest absolute Gasteiger partial charge is 0.338 e. The molecular formula is C16H18N4O5S. The topological polar surface area (TPSA) is 98.3 Å². The molecule has 2 aliphatic rings. The number of hydrogen-bond donors (Lipinski definition) is 0. The second-order valence-corrected chi connectivity index (χ2v) is 6.82. The van der Waals surface area contributed by atoms with E-state index >= 15 is 0 Å². The number of likely N-dealkylation sites (N-methyl/N-ethyl adjacent to an activating group) is 1. The van der Waals surface area contributed by atoms with Crippen LogP contribution < -0.4 is 0 Å². The van der Waals surface area contributed by atoms with Gasteiger partial charge in [0.05, 0.1) is 4.88 Å². The van der Waals surface area contributed by atoms with Crippen molar-refractivity contribution in [1.29, 1.82) is 0 Å². The fourth-order valence-electron chi connectivity index (χ4n) is 2.92. The van der Waals surface area contributed by atoms with E-state index < -0.39 is 30.3 Å². The lowest BCUT2D eigenvalue weighted by Gasteiger charge is -2.35. The van der Waals surface area contributed by atoms with Crippen molar-refractivity contribution in [3.8, 4) is 0 Å². The quantitative estimate of drug-likeness (QED) is 0.536. The fourth-order valence-corrected chi connectivity index (χ4v) is 3.61. The van der Waals surface area contributed by atoms with Gasteiger partial charge in [-0.1, -0.05) is 6.07 Å². The Kier molecular flexibility index (Phi) is 5.03.